The van der Waals surface area contributed by atoms with E-state index in [-0.39, 0.29) is 6.10 Å². The van der Waals surface area contributed by atoms with Gasteiger partial charge in [-0.2, -0.15) is 0 Å². The molecule has 0 bridgehead atoms. The van der Waals surface area contributed by atoms with E-state index >= 15 is 0 Å². The van der Waals surface area contributed by atoms with Crippen molar-refractivity contribution >= 4 is 0 Å². The Balaban J connectivity index is 2.84. The number of ether oxygens (including phenoxy) is 3. The summed E-state index contributed by atoms with van der Waals surface area (Å²) in [6, 6.07) is 5.94. The number of hydrogen-bond acceptors (Lipinski definition) is 4. The largest absolute Gasteiger partial charge is 0.490 e. The summed E-state index contributed by atoms with van der Waals surface area (Å²) in [6.07, 6.45) is 1.71. The normalized spacial score (nSPS) is 11.9. The van der Waals surface area contributed by atoms with Gasteiger partial charge < -0.3 is 19.5 Å². The summed E-state index contributed by atoms with van der Waals surface area (Å²) in [7, 11) is 1.69. The average Bonchev–Trinajstić information content (AvgIpc) is 2.46. The van der Waals surface area contributed by atoms with E-state index in [0.717, 1.165) is 23.6 Å². The van der Waals surface area contributed by atoms with Crippen LogP contribution in [-0.2, 0) is 11.3 Å². The van der Waals surface area contributed by atoms with Gasteiger partial charge in [-0.05, 0) is 19.9 Å². The maximum Gasteiger partial charge on any atom is 0.166 e. The first-order valence-electron chi connectivity index (χ1n) is 6.96. The lowest BCUT2D eigenvalue weighted by atomic mass is 10.1. The molecule has 0 aliphatic carbocycles. The molecule has 1 N–H and O–H groups in total. The van der Waals surface area contributed by atoms with Crippen LogP contribution in [0.2, 0.25) is 0 Å². The molecule has 4 nitrogen and oxygen atoms in total. The van der Waals surface area contributed by atoms with Crippen molar-refractivity contribution < 1.29 is 14.2 Å². The maximum absolute atomic E-state index is 5.92. The van der Waals surface area contributed by atoms with Crippen LogP contribution in [0.15, 0.2) is 30.9 Å². The van der Waals surface area contributed by atoms with E-state index in [4.69, 9.17) is 14.2 Å². The Hall–Kier alpha value is -1.52. The topological polar surface area (TPSA) is 39.7 Å². The van der Waals surface area contributed by atoms with E-state index in [0.29, 0.717) is 19.8 Å². The highest BCUT2D eigenvalue weighted by molar-refractivity contribution is 5.47. The third-order valence-corrected chi connectivity index (χ3v) is 2.79. The van der Waals surface area contributed by atoms with Crippen molar-refractivity contribution in [1.29, 1.82) is 0 Å². The molecular formula is C16H25NO3. The van der Waals surface area contributed by atoms with Crippen LogP contribution in [0.3, 0.4) is 0 Å². The lowest BCUT2D eigenvalue weighted by molar-refractivity contribution is 0.198. The van der Waals surface area contributed by atoms with Crippen LogP contribution in [-0.4, -0.2) is 33.0 Å². The zero-order chi connectivity index (χ0) is 14.8. The van der Waals surface area contributed by atoms with Crippen molar-refractivity contribution in [3.63, 3.8) is 0 Å². The number of hydrogen-bond donors (Lipinski definition) is 1. The molecule has 0 heterocycles. The van der Waals surface area contributed by atoms with Crippen LogP contribution >= 0.6 is 0 Å². The van der Waals surface area contributed by atoms with E-state index in [1.807, 2.05) is 32.0 Å². The van der Waals surface area contributed by atoms with Gasteiger partial charge in [0.15, 0.2) is 11.5 Å². The number of methoxy groups -OCH3 is 1. The van der Waals surface area contributed by atoms with E-state index in [1.54, 1.807) is 13.2 Å². The molecule has 0 aliphatic rings. The van der Waals surface area contributed by atoms with Crippen LogP contribution < -0.4 is 14.8 Å². The number of nitrogens with one attached hydrogen (secondary N) is 1. The van der Waals surface area contributed by atoms with Crippen LogP contribution in [0.25, 0.3) is 0 Å². The molecule has 1 aromatic rings. The van der Waals surface area contributed by atoms with Gasteiger partial charge in [0, 0.05) is 25.8 Å². The monoisotopic (exact) mass is 279 g/mol. The van der Waals surface area contributed by atoms with Gasteiger partial charge in [-0.3, -0.25) is 0 Å². The summed E-state index contributed by atoms with van der Waals surface area (Å²) in [5, 5.41) is 3.32. The van der Waals surface area contributed by atoms with Gasteiger partial charge >= 0.3 is 0 Å². The minimum Gasteiger partial charge on any atom is -0.490 e. The second-order valence-corrected chi connectivity index (χ2v) is 4.41. The van der Waals surface area contributed by atoms with Crippen molar-refractivity contribution in [3.05, 3.63) is 36.4 Å². The van der Waals surface area contributed by atoms with Gasteiger partial charge in [0.25, 0.3) is 0 Å². The first-order valence-corrected chi connectivity index (χ1v) is 6.96. The molecule has 0 amide bonds. The zero-order valence-corrected chi connectivity index (χ0v) is 12.6. The van der Waals surface area contributed by atoms with Crippen LogP contribution in [0.5, 0.6) is 11.5 Å². The van der Waals surface area contributed by atoms with E-state index in [9.17, 15) is 0 Å². The summed E-state index contributed by atoms with van der Waals surface area (Å²) in [5.74, 6) is 1.55. The highest BCUT2D eigenvalue weighted by Gasteiger charge is 2.12. The quantitative estimate of drug-likeness (QED) is 0.528. The number of para-hydroxylation sites is 1. The van der Waals surface area contributed by atoms with Gasteiger partial charge in [0.2, 0.25) is 0 Å². The Morgan fingerprint density at radius 1 is 1.40 bits per heavy atom. The Morgan fingerprint density at radius 3 is 2.85 bits per heavy atom. The minimum atomic E-state index is -0.0608. The Bertz CT molecular complexity index is 407. The Kier molecular flexibility index (Phi) is 7.77. The Labute approximate surface area is 121 Å². The summed E-state index contributed by atoms with van der Waals surface area (Å²) >= 11 is 0. The molecule has 112 valence electrons. The lowest BCUT2D eigenvalue weighted by Gasteiger charge is -2.18. The van der Waals surface area contributed by atoms with Crippen molar-refractivity contribution in [2.45, 2.75) is 26.5 Å². The van der Waals surface area contributed by atoms with E-state index in [1.165, 1.54) is 0 Å². The van der Waals surface area contributed by atoms with Gasteiger partial charge in [-0.1, -0.05) is 24.8 Å². The predicted molar refractivity (Wildman–Crippen MR) is 81.5 cm³/mol. The molecule has 0 spiro atoms. The lowest BCUT2D eigenvalue weighted by Crippen LogP contribution is -2.20. The maximum atomic E-state index is 5.92. The fourth-order valence-electron chi connectivity index (χ4n) is 1.73. The van der Waals surface area contributed by atoms with Crippen LogP contribution in [0.4, 0.5) is 0 Å². The third-order valence-electron chi connectivity index (χ3n) is 2.79. The number of rotatable bonds is 10. The highest BCUT2D eigenvalue weighted by Crippen LogP contribution is 2.32. The summed E-state index contributed by atoms with van der Waals surface area (Å²) < 4.78 is 16.6. The highest BCUT2D eigenvalue weighted by atomic mass is 16.5. The minimum absolute atomic E-state index is 0.0608. The van der Waals surface area contributed by atoms with E-state index in [2.05, 4.69) is 11.9 Å². The summed E-state index contributed by atoms with van der Waals surface area (Å²) in [6.45, 7) is 10.5. The fourth-order valence-corrected chi connectivity index (χ4v) is 1.73. The zero-order valence-electron chi connectivity index (χ0n) is 12.6. The molecule has 1 rings (SSSR count). The SMILES string of the molecule is C=CC(C)Oc1c(CNCCOC)cccc1OCC. The molecule has 1 aromatic carbocycles. The summed E-state index contributed by atoms with van der Waals surface area (Å²) in [4.78, 5) is 0. The molecule has 20 heavy (non-hydrogen) atoms. The van der Waals surface area contributed by atoms with Gasteiger partial charge in [0.05, 0.1) is 13.2 Å². The smallest absolute Gasteiger partial charge is 0.166 e. The molecule has 0 fully saturated rings. The van der Waals surface area contributed by atoms with Crippen LogP contribution in [0, 0.1) is 0 Å². The van der Waals surface area contributed by atoms with Crippen molar-refractivity contribution in [3.8, 4) is 11.5 Å². The molecule has 0 saturated heterocycles. The van der Waals surface area contributed by atoms with Crippen molar-refractivity contribution in [2.24, 2.45) is 0 Å². The van der Waals surface area contributed by atoms with Crippen molar-refractivity contribution in [1.82, 2.24) is 5.32 Å². The van der Waals surface area contributed by atoms with E-state index < -0.39 is 0 Å². The molecule has 4 heteroatoms. The standard InChI is InChI=1S/C16H25NO3/c1-5-13(3)20-16-14(12-17-10-11-18-4)8-7-9-15(16)19-6-2/h5,7-9,13,17H,1,6,10-12H2,2-4H3. The van der Waals surface area contributed by atoms with Gasteiger partial charge in [0.1, 0.15) is 6.10 Å². The second-order valence-electron chi connectivity index (χ2n) is 4.41. The second kappa shape index (κ2) is 9.39. The Morgan fingerprint density at radius 2 is 2.20 bits per heavy atom. The first-order chi connectivity index (χ1) is 9.72. The van der Waals surface area contributed by atoms with Crippen LogP contribution in [0.1, 0.15) is 19.4 Å². The first kappa shape index (κ1) is 16.5. The molecule has 1 atom stereocenters. The number of benzene rings is 1. The molecule has 0 saturated carbocycles. The van der Waals surface area contributed by atoms with Crippen molar-refractivity contribution in [2.75, 3.05) is 26.9 Å². The molecular weight excluding hydrogens is 254 g/mol. The predicted octanol–water partition coefficient (Wildman–Crippen LogP) is 2.77. The average molecular weight is 279 g/mol. The third kappa shape index (κ3) is 5.23. The molecule has 0 aromatic heterocycles. The van der Waals surface area contributed by atoms with Gasteiger partial charge in [-0.15, -0.1) is 0 Å². The van der Waals surface area contributed by atoms with Gasteiger partial charge in [-0.25, -0.2) is 0 Å². The molecule has 0 radical (unpaired) electrons. The summed E-state index contributed by atoms with van der Waals surface area (Å²) in [5.41, 5.74) is 1.07. The fraction of sp³-hybridized carbons (Fsp3) is 0.500. The molecule has 1 unspecified atom stereocenters. The molecule has 0 aliphatic heterocycles.